The summed E-state index contributed by atoms with van der Waals surface area (Å²) in [6.07, 6.45) is 0.741. The largest absolute Gasteiger partial charge is 0.485 e. The number of hydrogen-bond donors (Lipinski definition) is 0. The first-order chi connectivity index (χ1) is 9.11. The zero-order chi connectivity index (χ0) is 13.7. The highest BCUT2D eigenvalue weighted by Gasteiger charge is 2.42. The van der Waals surface area contributed by atoms with Gasteiger partial charge in [-0.15, -0.1) is 8.78 Å². The van der Waals surface area contributed by atoms with Gasteiger partial charge in [0.15, 0.2) is 6.29 Å². The fraction of sp³-hybridized carbons (Fsp3) is 1.00. The smallest absolute Gasteiger partial charge is 0.352 e. The maximum Gasteiger partial charge on any atom is 0.485 e. The van der Waals surface area contributed by atoms with Gasteiger partial charge in [-0.1, -0.05) is 26.2 Å². The summed E-state index contributed by atoms with van der Waals surface area (Å²) in [5, 5.41) is 0. The Morgan fingerprint density at radius 3 is 2.21 bits per heavy atom. The molecule has 0 aromatic heterocycles. The Kier molecular flexibility index (Phi) is 5.50. The van der Waals surface area contributed by atoms with Crippen LogP contribution >= 0.6 is 0 Å². The Morgan fingerprint density at radius 1 is 1.00 bits per heavy atom. The van der Waals surface area contributed by atoms with Crippen molar-refractivity contribution in [3.63, 3.8) is 0 Å². The third-order valence-electron chi connectivity index (χ3n) is 3.52. The summed E-state index contributed by atoms with van der Waals surface area (Å²) in [7, 11) is 0. The molecule has 0 aromatic carbocycles. The van der Waals surface area contributed by atoms with Crippen molar-refractivity contribution in [1.29, 1.82) is 0 Å². The highest BCUT2D eigenvalue weighted by Crippen LogP contribution is 2.29. The molecule has 2 saturated heterocycles. The second kappa shape index (κ2) is 6.92. The lowest BCUT2D eigenvalue weighted by Gasteiger charge is -2.37. The molecule has 0 spiro atoms. The van der Waals surface area contributed by atoms with Gasteiger partial charge >= 0.3 is 6.29 Å². The molecule has 0 atom stereocenters. The van der Waals surface area contributed by atoms with Crippen molar-refractivity contribution >= 4 is 0 Å². The van der Waals surface area contributed by atoms with E-state index >= 15 is 0 Å². The third kappa shape index (κ3) is 4.63. The van der Waals surface area contributed by atoms with Crippen LogP contribution in [0.2, 0.25) is 0 Å². The summed E-state index contributed by atoms with van der Waals surface area (Å²) >= 11 is 0. The van der Waals surface area contributed by atoms with Gasteiger partial charge in [0.1, 0.15) is 0 Å². The Bertz CT molecular complexity index is 257. The molecular weight excluding hydrogens is 258 g/mol. The van der Waals surface area contributed by atoms with Gasteiger partial charge in [0, 0.05) is 5.92 Å². The second-order valence-electron chi connectivity index (χ2n) is 5.24. The summed E-state index contributed by atoms with van der Waals surface area (Å²) in [6, 6.07) is 0. The van der Waals surface area contributed by atoms with E-state index in [2.05, 4.69) is 16.4 Å². The van der Waals surface area contributed by atoms with Crippen molar-refractivity contribution in [2.75, 3.05) is 26.4 Å². The van der Waals surface area contributed by atoms with Crippen LogP contribution in [0.3, 0.4) is 0 Å². The molecule has 112 valence electrons. The molecule has 2 fully saturated rings. The first-order valence-electron chi connectivity index (χ1n) is 6.99. The van der Waals surface area contributed by atoms with Gasteiger partial charge in [-0.05, 0) is 6.42 Å². The normalized spacial score (nSPS) is 32.4. The van der Waals surface area contributed by atoms with Crippen LogP contribution in [-0.4, -0.2) is 39.0 Å². The molecule has 4 nitrogen and oxygen atoms in total. The van der Waals surface area contributed by atoms with E-state index < -0.39 is 12.6 Å². The van der Waals surface area contributed by atoms with Crippen molar-refractivity contribution in [3.8, 4) is 0 Å². The second-order valence-corrected chi connectivity index (χ2v) is 5.24. The molecule has 0 saturated carbocycles. The maximum atomic E-state index is 12.7. The minimum absolute atomic E-state index is 0.0990. The van der Waals surface area contributed by atoms with Crippen LogP contribution in [0.25, 0.3) is 0 Å². The quantitative estimate of drug-likeness (QED) is 0.726. The number of unbranched alkanes of at least 4 members (excludes halogenated alkanes) is 2. The zero-order valence-electron chi connectivity index (χ0n) is 11.3. The van der Waals surface area contributed by atoms with Crippen LogP contribution in [-0.2, 0) is 18.9 Å². The molecule has 6 heteroatoms. The Hall–Kier alpha value is -0.300. The lowest BCUT2D eigenvalue weighted by atomic mass is 10.0. The first-order valence-corrected chi connectivity index (χ1v) is 6.99. The molecule has 0 N–H and O–H groups in total. The van der Waals surface area contributed by atoms with E-state index in [9.17, 15) is 8.78 Å². The SMILES string of the molecule is CCCCCC1COC(C2COC(F)(F)OC2)OC1. The molecular formula is C13H22F2O4. The van der Waals surface area contributed by atoms with Gasteiger partial charge in [-0.3, -0.25) is 9.47 Å². The van der Waals surface area contributed by atoms with Gasteiger partial charge in [0.25, 0.3) is 0 Å². The van der Waals surface area contributed by atoms with E-state index in [1.807, 2.05) is 0 Å². The Morgan fingerprint density at radius 2 is 1.63 bits per heavy atom. The van der Waals surface area contributed by atoms with Crippen molar-refractivity contribution in [2.45, 2.75) is 45.2 Å². The number of halogens is 2. The van der Waals surface area contributed by atoms with E-state index in [0.717, 1.165) is 6.42 Å². The van der Waals surface area contributed by atoms with Gasteiger partial charge in [-0.25, -0.2) is 0 Å². The number of rotatable bonds is 5. The summed E-state index contributed by atoms with van der Waals surface area (Å²) in [6.45, 7) is 3.22. The molecule has 2 rings (SSSR count). The Labute approximate surface area is 112 Å². The van der Waals surface area contributed by atoms with Crippen molar-refractivity contribution in [1.82, 2.24) is 0 Å². The van der Waals surface area contributed by atoms with Gasteiger partial charge in [-0.2, -0.15) is 0 Å². The van der Waals surface area contributed by atoms with Crippen LogP contribution in [0, 0.1) is 11.8 Å². The average molecular weight is 280 g/mol. The van der Waals surface area contributed by atoms with Crippen LogP contribution in [0.4, 0.5) is 8.78 Å². The maximum absolute atomic E-state index is 12.7. The zero-order valence-corrected chi connectivity index (χ0v) is 11.3. The third-order valence-corrected chi connectivity index (χ3v) is 3.52. The molecule has 2 aliphatic heterocycles. The first kappa shape index (κ1) is 15.1. The minimum atomic E-state index is -3.46. The predicted molar refractivity (Wildman–Crippen MR) is 63.7 cm³/mol. The van der Waals surface area contributed by atoms with Crippen LogP contribution < -0.4 is 0 Å². The predicted octanol–water partition coefficient (Wildman–Crippen LogP) is 2.77. The number of hydrogen-bond acceptors (Lipinski definition) is 4. The molecule has 19 heavy (non-hydrogen) atoms. The van der Waals surface area contributed by atoms with E-state index in [-0.39, 0.29) is 19.1 Å². The highest BCUT2D eigenvalue weighted by atomic mass is 19.3. The highest BCUT2D eigenvalue weighted by molar-refractivity contribution is 4.71. The lowest BCUT2D eigenvalue weighted by Crippen LogP contribution is -2.46. The molecule has 0 radical (unpaired) electrons. The average Bonchev–Trinajstić information content (AvgIpc) is 2.40. The fourth-order valence-electron chi connectivity index (χ4n) is 2.33. The molecule has 2 aliphatic rings. The van der Waals surface area contributed by atoms with Crippen LogP contribution in [0.15, 0.2) is 0 Å². The van der Waals surface area contributed by atoms with E-state index in [4.69, 9.17) is 9.47 Å². The minimum Gasteiger partial charge on any atom is -0.352 e. The summed E-state index contributed by atoms with van der Waals surface area (Å²) in [4.78, 5) is 0. The molecule has 0 amide bonds. The van der Waals surface area contributed by atoms with Gasteiger partial charge in [0.05, 0.1) is 32.3 Å². The molecule has 0 bridgehead atoms. The molecule has 0 aromatic rings. The topological polar surface area (TPSA) is 36.9 Å². The van der Waals surface area contributed by atoms with Crippen molar-refractivity contribution in [3.05, 3.63) is 0 Å². The van der Waals surface area contributed by atoms with Crippen molar-refractivity contribution in [2.24, 2.45) is 11.8 Å². The summed E-state index contributed by atoms with van der Waals surface area (Å²) in [5.41, 5.74) is 0. The monoisotopic (exact) mass is 280 g/mol. The summed E-state index contributed by atoms with van der Waals surface area (Å²) < 4.78 is 45.2. The number of alkyl halides is 2. The Balaban J connectivity index is 1.66. The molecule has 2 heterocycles. The summed E-state index contributed by atoms with van der Waals surface area (Å²) in [5.74, 6) is 0.130. The van der Waals surface area contributed by atoms with Crippen LogP contribution in [0.5, 0.6) is 0 Å². The van der Waals surface area contributed by atoms with Crippen LogP contribution in [0.1, 0.15) is 32.6 Å². The number of ether oxygens (including phenoxy) is 4. The van der Waals surface area contributed by atoms with Gasteiger partial charge < -0.3 is 9.47 Å². The standard InChI is InChI=1S/C13H22F2O4/c1-2-3-4-5-10-6-16-12(17-7-10)11-8-18-13(14,15)19-9-11/h10-12H,2-9H2,1H3. The molecule has 0 unspecified atom stereocenters. The van der Waals surface area contributed by atoms with E-state index in [1.165, 1.54) is 19.3 Å². The van der Waals surface area contributed by atoms with Crippen molar-refractivity contribution < 1.29 is 27.7 Å². The van der Waals surface area contributed by atoms with Gasteiger partial charge in [0.2, 0.25) is 0 Å². The van der Waals surface area contributed by atoms with E-state index in [0.29, 0.717) is 19.1 Å². The molecule has 0 aliphatic carbocycles. The fourth-order valence-corrected chi connectivity index (χ4v) is 2.33. The lowest BCUT2D eigenvalue weighted by molar-refractivity contribution is -0.431. The van der Waals surface area contributed by atoms with E-state index in [1.54, 1.807) is 0 Å².